The van der Waals surface area contributed by atoms with Crippen molar-refractivity contribution in [1.29, 1.82) is 0 Å². The monoisotopic (exact) mass is 301 g/mol. The molecule has 1 aromatic carbocycles. The van der Waals surface area contributed by atoms with E-state index in [1.165, 1.54) is 19.2 Å². The Kier molecular flexibility index (Phi) is 4.33. The molecular weight excluding hydrogens is 286 g/mol. The van der Waals surface area contributed by atoms with Crippen LogP contribution in [0.5, 0.6) is 0 Å². The summed E-state index contributed by atoms with van der Waals surface area (Å²) in [6, 6.07) is 4.39. The van der Waals surface area contributed by atoms with Gasteiger partial charge in [0.05, 0.1) is 22.0 Å². The van der Waals surface area contributed by atoms with Crippen LogP contribution in [-0.2, 0) is 14.8 Å². The fraction of sp³-hybridized carbons (Fsp3) is 0.455. The minimum atomic E-state index is -3.72. The molecule has 1 saturated heterocycles. The third-order valence-corrected chi connectivity index (χ3v) is 4.63. The van der Waals surface area contributed by atoms with Crippen LogP contribution in [0.25, 0.3) is 0 Å². The van der Waals surface area contributed by atoms with Crippen molar-refractivity contribution in [2.45, 2.75) is 17.0 Å². The first-order valence-corrected chi connectivity index (χ1v) is 7.42. The van der Waals surface area contributed by atoms with Crippen LogP contribution in [0.3, 0.4) is 0 Å². The van der Waals surface area contributed by atoms with E-state index in [1.54, 1.807) is 0 Å². The van der Waals surface area contributed by atoms with Crippen molar-refractivity contribution in [3.8, 4) is 0 Å². The highest BCUT2D eigenvalue weighted by Gasteiger charge is 2.31. The molecule has 9 heteroatoms. The molecule has 0 aliphatic carbocycles. The topological polar surface area (TPSA) is 111 Å². The summed E-state index contributed by atoms with van der Waals surface area (Å²) in [5.74, 6) is 0. The molecule has 2 N–H and O–H groups in total. The second-order valence-electron chi connectivity index (χ2n) is 4.41. The standard InChI is InChI=1S/C11H15N3O5S/c1-19-11-7-12-6-10(11)13-20(17,18)9-4-2-8(3-5-9)14(15)16/h2-5,10-13H,6-7H2,1H3/t10-,11-/m1/s1. The number of hydrogen-bond donors (Lipinski definition) is 2. The van der Waals surface area contributed by atoms with E-state index in [2.05, 4.69) is 10.0 Å². The van der Waals surface area contributed by atoms with E-state index in [4.69, 9.17) is 4.74 Å². The second kappa shape index (κ2) is 5.83. The van der Waals surface area contributed by atoms with Gasteiger partial charge in [0.25, 0.3) is 5.69 Å². The van der Waals surface area contributed by atoms with Crippen molar-refractivity contribution in [2.24, 2.45) is 0 Å². The van der Waals surface area contributed by atoms with Crippen LogP contribution in [-0.4, -0.2) is 45.7 Å². The number of sulfonamides is 1. The molecule has 0 spiro atoms. The number of hydrogen-bond acceptors (Lipinski definition) is 6. The molecule has 0 bridgehead atoms. The maximum Gasteiger partial charge on any atom is 0.269 e. The minimum Gasteiger partial charge on any atom is -0.378 e. The minimum absolute atomic E-state index is 0.00940. The lowest BCUT2D eigenvalue weighted by Gasteiger charge is -2.18. The lowest BCUT2D eigenvalue weighted by Crippen LogP contribution is -2.43. The lowest BCUT2D eigenvalue weighted by molar-refractivity contribution is -0.384. The van der Waals surface area contributed by atoms with Gasteiger partial charge >= 0.3 is 0 Å². The SMILES string of the molecule is CO[C@@H]1CNC[C@H]1NS(=O)(=O)c1ccc([N+](=O)[O-])cc1. The first-order chi connectivity index (χ1) is 9.44. The van der Waals surface area contributed by atoms with E-state index in [-0.39, 0.29) is 22.7 Å². The molecule has 1 aromatic rings. The van der Waals surface area contributed by atoms with E-state index in [0.29, 0.717) is 13.1 Å². The summed E-state index contributed by atoms with van der Waals surface area (Å²) in [6.07, 6.45) is -0.233. The van der Waals surface area contributed by atoms with Gasteiger partial charge in [-0.3, -0.25) is 10.1 Å². The highest BCUT2D eigenvalue weighted by atomic mass is 32.2. The number of non-ortho nitro benzene ring substituents is 1. The number of benzene rings is 1. The van der Waals surface area contributed by atoms with Gasteiger partial charge in [0, 0.05) is 32.3 Å². The van der Waals surface area contributed by atoms with Crippen molar-refractivity contribution >= 4 is 15.7 Å². The fourth-order valence-electron chi connectivity index (χ4n) is 2.03. The highest BCUT2D eigenvalue weighted by Crippen LogP contribution is 2.17. The summed E-state index contributed by atoms with van der Waals surface area (Å²) in [4.78, 5) is 9.95. The van der Waals surface area contributed by atoms with Crippen molar-refractivity contribution in [3.63, 3.8) is 0 Å². The van der Waals surface area contributed by atoms with E-state index in [0.717, 1.165) is 12.1 Å². The average Bonchev–Trinajstić information content (AvgIpc) is 2.85. The zero-order chi connectivity index (χ0) is 14.8. The van der Waals surface area contributed by atoms with Gasteiger partial charge in [-0.25, -0.2) is 13.1 Å². The quantitative estimate of drug-likeness (QED) is 0.578. The molecule has 1 fully saturated rings. The first-order valence-electron chi connectivity index (χ1n) is 5.94. The molecule has 0 unspecified atom stereocenters. The van der Waals surface area contributed by atoms with Gasteiger partial charge in [0.2, 0.25) is 10.0 Å². The molecule has 1 aliphatic rings. The van der Waals surface area contributed by atoms with Crippen LogP contribution in [0, 0.1) is 10.1 Å². The summed E-state index contributed by atoms with van der Waals surface area (Å²) in [6.45, 7) is 1.05. The smallest absolute Gasteiger partial charge is 0.269 e. The molecule has 0 amide bonds. The Bertz CT molecular complexity index is 587. The highest BCUT2D eigenvalue weighted by molar-refractivity contribution is 7.89. The zero-order valence-electron chi connectivity index (χ0n) is 10.8. The molecular formula is C11H15N3O5S. The van der Waals surface area contributed by atoms with Gasteiger partial charge in [0.15, 0.2) is 0 Å². The number of nitro benzene ring substituents is 1. The summed E-state index contributed by atoms with van der Waals surface area (Å²) in [5.41, 5.74) is -0.152. The fourth-order valence-corrected chi connectivity index (χ4v) is 3.30. The van der Waals surface area contributed by atoms with Gasteiger partial charge in [-0.2, -0.15) is 0 Å². The van der Waals surface area contributed by atoms with Gasteiger partial charge in [-0.1, -0.05) is 0 Å². The molecule has 2 atom stereocenters. The number of ether oxygens (including phenoxy) is 1. The summed E-state index contributed by atoms with van der Waals surface area (Å²) >= 11 is 0. The Balaban J connectivity index is 2.15. The Morgan fingerprint density at radius 2 is 2.00 bits per heavy atom. The van der Waals surface area contributed by atoms with Crippen LogP contribution in [0.15, 0.2) is 29.2 Å². The van der Waals surface area contributed by atoms with Gasteiger partial charge in [-0.15, -0.1) is 0 Å². The van der Waals surface area contributed by atoms with Gasteiger partial charge in [-0.05, 0) is 12.1 Å². The Labute approximate surface area is 116 Å². The zero-order valence-corrected chi connectivity index (χ0v) is 11.6. The van der Waals surface area contributed by atoms with Gasteiger partial charge < -0.3 is 10.1 Å². The average molecular weight is 301 g/mol. The maximum absolute atomic E-state index is 12.2. The Morgan fingerprint density at radius 1 is 1.35 bits per heavy atom. The Hall–Kier alpha value is -1.55. The van der Waals surface area contributed by atoms with Crippen molar-refractivity contribution in [1.82, 2.24) is 10.0 Å². The summed E-state index contributed by atoms with van der Waals surface area (Å²) < 4.78 is 32.0. The Morgan fingerprint density at radius 3 is 2.55 bits per heavy atom. The van der Waals surface area contributed by atoms with Crippen molar-refractivity contribution < 1.29 is 18.1 Å². The second-order valence-corrected chi connectivity index (χ2v) is 6.13. The predicted molar refractivity (Wildman–Crippen MR) is 70.9 cm³/mol. The number of methoxy groups -OCH3 is 1. The molecule has 0 saturated carbocycles. The van der Waals surface area contributed by atoms with E-state index in [1.807, 2.05) is 0 Å². The number of nitrogens with one attached hydrogen (secondary N) is 2. The number of nitro groups is 1. The van der Waals surface area contributed by atoms with Crippen LogP contribution >= 0.6 is 0 Å². The summed E-state index contributed by atoms with van der Waals surface area (Å²) in [5, 5.41) is 13.6. The summed E-state index contributed by atoms with van der Waals surface area (Å²) in [7, 11) is -2.20. The molecule has 1 heterocycles. The molecule has 8 nitrogen and oxygen atoms in total. The van der Waals surface area contributed by atoms with E-state index < -0.39 is 14.9 Å². The van der Waals surface area contributed by atoms with Crippen LogP contribution in [0.2, 0.25) is 0 Å². The molecule has 0 radical (unpaired) electrons. The molecule has 110 valence electrons. The number of rotatable bonds is 5. The van der Waals surface area contributed by atoms with Crippen LogP contribution in [0.1, 0.15) is 0 Å². The van der Waals surface area contributed by atoms with Gasteiger partial charge in [0.1, 0.15) is 0 Å². The van der Waals surface area contributed by atoms with Crippen LogP contribution < -0.4 is 10.0 Å². The predicted octanol–water partition coefficient (Wildman–Crippen LogP) is -0.140. The van der Waals surface area contributed by atoms with Crippen molar-refractivity contribution in [2.75, 3.05) is 20.2 Å². The normalized spacial score (nSPS) is 22.9. The largest absolute Gasteiger partial charge is 0.378 e. The lowest BCUT2D eigenvalue weighted by atomic mass is 10.2. The van der Waals surface area contributed by atoms with E-state index >= 15 is 0 Å². The molecule has 0 aromatic heterocycles. The molecule has 1 aliphatic heterocycles. The molecule has 2 rings (SSSR count). The molecule has 20 heavy (non-hydrogen) atoms. The van der Waals surface area contributed by atoms with Crippen molar-refractivity contribution in [3.05, 3.63) is 34.4 Å². The number of nitrogens with zero attached hydrogens (tertiary/aromatic N) is 1. The van der Waals surface area contributed by atoms with Crippen LogP contribution in [0.4, 0.5) is 5.69 Å². The third kappa shape index (κ3) is 3.12. The van der Waals surface area contributed by atoms with E-state index in [9.17, 15) is 18.5 Å². The maximum atomic E-state index is 12.2. The third-order valence-electron chi connectivity index (χ3n) is 3.13. The first kappa shape index (κ1) is 14.9.